The van der Waals surface area contributed by atoms with Crippen molar-refractivity contribution < 1.29 is 5.11 Å². The van der Waals surface area contributed by atoms with Crippen LogP contribution < -0.4 is 5.32 Å². The van der Waals surface area contributed by atoms with Crippen LogP contribution in [0.15, 0.2) is 11.8 Å². The molecule has 0 amide bonds. The van der Waals surface area contributed by atoms with Gasteiger partial charge in [0.1, 0.15) is 0 Å². The second kappa shape index (κ2) is 6.35. The number of aliphatic hydroxyl groups is 1. The molecule has 1 atom stereocenters. The van der Waals surface area contributed by atoms with Crippen LogP contribution in [0.1, 0.15) is 13.3 Å². The fourth-order valence-corrected chi connectivity index (χ4v) is 1.69. The van der Waals surface area contributed by atoms with Gasteiger partial charge < -0.3 is 10.4 Å². The van der Waals surface area contributed by atoms with Crippen molar-refractivity contribution >= 4 is 8.07 Å². The van der Waals surface area contributed by atoms with E-state index in [0.717, 1.165) is 13.0 Å². The fraction of sp³-hybridized carbons (Fsp3) is 0.800. The zero-order valence-electron chi connectivity index (χ0n) is 9.30. The first-order valence-corrected chi connectivity index (χ1v) is 8.61. The third-order valence-corrected chi connectivity index (χ3v) is 2.79. The van der Waals surface area contributed by atoms with Gasteiger partial charge in [0.05, 0.1) is 14.2 Å². The lowest BCUT2D eigenvalue weighted by molar-refractivity contribution is 0.219. The maximum atomic E-state index is 9.51. The molecular weight excluding hydrogens is 178 g/mol. The van der Waals surface area contributed by atoms with E-state index in [0.29, 0.717) is 6.54 Å². The van der Waals surface area contributed by atoms with E-state index in [2.05, 4.69) is 37.6 Å². The van der Waals surface area contributed by atoms with Gasteiger partial charge in [-0.2, -0.15) is 0 Å². The lowest BCUT2D eigenvalue weighted by atomic mass is 10.3. The van der Waals surface area contributed by atoms with Crippen molar-refractivity contribution in [1.82, 2.24) is 5.32 Å². The van der Waals surface area contributed by atoms with Gasteiger partial charge in [0, 0.05) is 6.54 Å². The Labute approximate surface area is 83.1 Å². The van der Waals surface area contributed by atoms with E-state index >= 15 is 0 Å². The Kier molecular flexibility index (Phi) is 6.29. The van der Waals surface area contributed by atoms with Crippen molar-refractivity contribution in [3.05, 3.63) is 11.8 Å². The molecule has 13 heavy (non-hydrogen) atoms. The first-order valence-electron chi connectivity index (χ1n) is 5.04. The molecule has 0 saturated heterocycles. The minimum atomic E-state index is -1.14. The molecule has 0 rings (SSSR count). The molecular formula is C10H23NOSi. The van der Waals surface area contributed by atoms with Crippen LogP contribution in [0.5, 0.6) is 0 Å². The summed E-state index contributed by atoms with van der Waals surface area (Å²) >= 11 is 0. The lowest BCUT2D eigenvalue weighted by Crippen LogP contribution is -2.27. The molecule has 0 radical (unpaired) electrons. The molecule has 0 aromatic carbocycles. The predicted octanol–water partition coefficient (Wildman–Crippen LogP) is 1.78. The molecule has 0 bridgehead atoms. The van der Waals surface area contributed by atoms with Crippen LogP contribution in [0.2, 0.25) is 19.6 Å². The molecule has 0 saturated carbocycles. The highest BCUT2D eigenvalue weighted by Crippen LogP contribution is 2.02. The highest BCUT2D eigenvalue weighted by atomic mass is 28.3. The van der Waals surface area contributed by atoms with Gasteiger partial charge >= 0.3 is 0 Å². The molecule has 0 aliphatic heterocycles. The second-order valence-corrected chi connectivity index (χ2v) is 9.56. The van der Waals surface area contributed by atoms with E-state index in [1.807, 2.05) is 6.08 Å². The van der Waals surface area contributed by atoms with Gasteiger partial charge in [-0.3, -0.25) is 0 Å². The number of rotatable bonds is 6. The zero-order valence-corrected chi connectivity index (χ0v) is 10.3. The highest BCUT2D eigenvalue weighted by molar-refractivity contribution is 6.80. The molecule has 0 aliphatic carbocycles. The minimum absolute atomic E-state index is 0.321. The van der Waals surface area contributed by atoms with Gasteiger partial charge in [0.25, 0.3) is 0 Å². The summed E-state index contributed by atoms with van der Waals surface area (Å²) in [7, 11) is -1.14. The molecule has 0 fully saturated rings. The third kappa shape index (κ3) is 9.79. The largest absolute Gasteiger partial charge is 0.388 e. The molecule has 2 N–H and O–H groups in total. The smallest absolute Gasteiger partial charge is 0.0841 e. The average Bonchev–Trinajstić information content (AvgIpc) is 2.00. The molecule has 3 heteroatoms. The van der Waals surface area contributed by atoms with E-state index < -0.39 is 8.07 Å². The summed E-state index contributed by atoms with van der Waals surface area (Å²) in [5.41, 5.74) is 2.19. The summed E-state index contributed by atoms with van der Waals surface area (Å²) in [5.74, 6) is 0. The average molecular weight is 201 g/mol. The molecule has 0 unspecified atom stereocenters. The van der Waals surface area contributed by atoms with Gasteiger partial charge in [-0.05, 0) is 13.0 Å². The molecule has 0 aromatic heterocycles. The van der Waals surface area contributed by atoms with Crippen LogP contribution in [0.3, 0.4) is 0 Å². The number of aliphatic hydroxyl groups excluding tert-OH is 1. The van der Waals surface area contributed by atoms with Gasteiger partial charge in [-0.15, -0.1) is 0 Å². The maximum Gasteiger partial charge on any atom is 0.0841 e. The van der Waals surface area contributed by atoms with Crippen LogP contribution in [0.25, 0.3) is 0 Å². The quantitative estimate of drug-likeness (QED) is 0.507. The number of hydrogen-bond donors (Lipinski definition) is 2. The number of nitrogens with one attached hydrogen (secondary N) is 1. The van der Waals surface area contributed by atoms with E-state index in [4.69, 9.17) is 0 Å². The van der Waals surface area contributed by atoms with Crippen LogP contribution in [-0.2, 0) is 0 Å². The Bertz CT molecular complexity index is 151. The molecule has 78 valence electrons. The van der Waals surface area contributed by atoms with Gasteiger partial charge in [0.2, 0.25) is 0 Å². The predicted molar refractivity (Wildman–Crippen MR) is 61.7 cm³/mol. The SMILES string of the molecule is CCCNC[C@@H](O)/C=C\[Si](C)(C)C. The van der Waals surface area contributed by atoms with Gasteiger partial charge in [-0.25, -0.2) is 0 Å². The summed E-state index contributed by atoms with van der Waals surface area (Å²) < 4.78 is 0. The van der Waals surface area contributed by atoms with E-state index in [9.17, 15) is 5.11 Å². The summed E-state index contributed by atoms with van der Waals surface area (Å²) in [6.07, 6.45) is 2.72. The summed E-state index contributed by atoms with van der Waals surface area (Å²) in [6, 6.07) is 0. The Morgan fingerprint density at radius 3 is 2.46 bits per heavy atom. The van der Waals surface area contributed by atoms with Crippen LogP contribution in [-0.4, -0.2) is 32.4 Å². The van der Waals surface area contributed by atoms with E-state index in [-0.39, 0.29) is 6.10 Å². The minimum Gasteiger partial charge on any atom is -0.388 e. The van der Waals surface area contributed by atoms with Crippen LogP contribution in [0, 0.1) is 0 Å². The first-order chi connectivity index (χ1) is 5.95. The van der Waals surface area contributed by atoms with Gasteiger partial charge in [-0.1, -0.05) is 38.3 Å². The van der Waals surface area contributed by atoms with Crippen molar-refractivity contribution in [2.24, 2.45) is 0 Å². The molecule has 2 nitrogen and oxygen atoms in total. The van der Waals surface area contributed by atoms with Crippen molar-refractivity contribution in [2.75, 3.05) is 13.1 Å². The summed E-state index contributed by atoms with van der Waals surface area (Å²) in [6.45, 7) is 10.6. The van der Waals surface area contributed by atoms with Crippen molar-refractivity contribution in [2.45, 2.75) is 39.1 Å². The fourth-order valence-electron chi connectivity index (χ4n) is 0.895. The Balaban J connectivity index is 3.61. The van der Waals surface area contributed by atoms with Crippen LogP contribution in [0.4, 0.5) is 0 Å². The number of hydrogen-bond acceptors (Lipinski definition) is 2. The standard InChI is InChI=1S/C10H23NOSi/c1-5-7-11-9-10(12)6-8-13(2,3)4/h6,8,10-12H,5,7,9H2,1-4H3/b8-6-/t10-/m0/s1. The Hall–Kier alpha value is -0.123. The topological polar surface area (TPSA) is 32.3 Å². The second-order valence-electron chi connectivity index (χ2n) is 4.50. The van der Waals surface area contributed by atoms with E-state index in [1.165, 1.54) is 0 Å². The highest BCUT2D eigenvalue weighted by Gasteiger charge is 2.08. The van der Waals surface area contributed by atoms with E-state index in [1.54, 1.807) is 0 Å². The Morgan fingerprint density at radius 2 is 2.00 bits per heavy atom. The Morgan fingerprint density at radius 1 is 1.38 bits per heavy atom. The summed E-state index contributed by atoms with van der Waals surface area (Å²) in [5, 5.41) is 12.7. The third-order valence-electron chi connectivity index (χ3n) is 1.60. The maximum absolute atomic E-state index is 9.51. The van der Waals surface area contributed by atoms with Crippen LogP contribution >= 0.6 is 0 Å². The zero-order chi connectivity index (χ0) is 10.3. The van der Waals surface area contributed by atoms with Crippen molar-refractivity contribution in [3.8, 4) is 0 Å². The van der Waals surface area contributed by atoms with Crippen molar-refractivity contribution in [3.63, 3.8) is 0 Å². The molecule has 0 aromatic rings. The lowest BCUT2D eigenvalue weighted by Gasteiger charge is -2.11. The first kappa shape index (κ1) is 12.9. The summed E-state index contributed by atoms with van der Waals surface area (Å²) in [4.78, 5) is 0. The monoisotopic (exact) mass is 201 g/mol. The molecule has 0 spiro atoms. The molecule has 0 aliphatic rings. The van der Waals surface area contributed by atoms with Crippen molar-refractivity contribution in [1.29, 1.82) is 0 Å². The molecule has 0 heterocycles. The normalized spacial score (nSPS) is 15.2. The van der Waals surface area contributed by atoms with Gasteiger partial charge in [0.15, 0.2) is 0 Å².